The van der Waals surface area contributed by atoms with E-state index in [1.54, 1.807) is 13.8 Å². The van der Waals surface area contributed by atoms with Gasteiger partial charge in [-0.25, -0.2) is 0 Å². The Bertz CT molecular complexity index is 243. The molecule has 0 aliphatic heterocycles. The fourth-order valence-electron chi connectivity index (χ4n) is 0.774. The van der Waals surface area contributed by atoms with Crippen LogP contribution in [0, 0.1) is 12.3 Å². The molecule has 0 aromatic carbocycles. The maximum absolute atomic E-state index is 11.4. The first-order valence-electron chi connectivity index (χ1n) is 4.70. The van der Waals surface area contributed by atoms with Crippen LogP contribution >= 0.6 is 0 Å². The first kappa shape index (κ1) is 13.0. The Kier molecular flexibility index (Phi) is 4.15. The molecule has 0 saturated carbocycles. The van der Waals surface area contributed by atoms with Gasteiger partial charge in [-0.05, 0) is 34.6 Å². The number of nitrogens with one attached hydrogen (secondary N) is 2. The average molecular weight is 196 g/mol. The van der Waals surface area contributed by atoms with Gasteiger partial charge in [0.2, 0.25) is 5.91 Å². The predicted octanol–water partition coefficient (Wildman–Crippen LogP) is 0.902. The van der Waals surface area contributed by atoms with Crippen molar-refractivity contribution in [2.75, 3.05) is 6.54 Å². The fourth-order valence-corrected chi connectivity index (χ4v) is 0.774. The second-order valence-corrected chi connectivity index (χ2v) is 4.92. The van der Waals surface area contributed by atoms with Gasteiger partial charge in [0.25, 0.3) is 0 Å². The second-order valence-electron chi connectivity index (χ2n) is 4.92. The normalized spacial score (nSPS) is 12.0. The lowest BCUT2D eigenvalue weighted by Crippen LogP contribution is -2.49. The summed E-state index contributed by atoms with van der Waals surface area (Å²) in [5.41, 5.74) is -0.631. The van der Waals surface area contributed by atoms with Crippen LogP contribution in [0.4, 0.5) is 0 Å². The van der Waals surface area contributed by atoms with Crippen molar-refractivity contribution in [1.82, 2.24) is 10.6 Å². The monoisotopic (exact) mass is 196 g/mol. The van der Waals surface area contributed by atoms with Crippen LogP contribution in [0.2, 0.25) is 0 Å². The first-order chi connectivity index (χ1) is 6.16. The topological polar surface area (TPSA) is 41.1 Å². The van der Waals surface area contributed by atoms with Gasteiger partial charge in [0, 0.05) is 5.54 Å². The minimum atomic E-state index is -0.573. The first-order valence-corrected chi connectivity index (χ1v) is 4.70. The molecular formula is C11H20N2O. The van der Waals surface area contributed by atoms with Gasteiger partial charge in [0.05, 0.1) is 12.1 Å². The Balaban J connectivity index is 3.97. The van der Waals surface area contributed by atoms with Gasteiger partial charge in [0.15, 0.2) is 0 Å². The van der Waals surface area contributed by atoms with Crippen LogP contribution in [0.3, 0.4) is 0 Å². The number of terminal acetylenes is 1. The number of hydrogen-bond donors (Lipinski definition) is 2. The zero-order chi connectivity index (χ0) is 11.4. The zero-order valence-corrected chi connectivity index (χ0v) is 9.69. The molecule has 0 heterocycles. The van der Waals surface area contributed by atoms with E-state index < -0.39 is 5.54 Å². The molecule has 0 fully saturated rings. The van der Waals surface area contributed by atoms with Crippen LogP contribution in [0.25, 0.3) is 0 Å². The molecule has 0 aromatic rings. The van der Waals surface area contributed by atoms with Crippen molar-refractivity contribution in [3.63, 3.8) is 0 Å². The Morgan fingerprint density at radius 1 is 1.29 bits per heavy atom. The maximum atomic E-state index is 11.4. The summed E-state index contributed by atoms with van der Waals surface area (Å²) in [6, 6.07) is 0. The van der Waals surface area contributed by atoms with E-state index in [1.807, 2.05) is 20.8 Å². The van der Waals surface area contributed by atoms with E-state index in [1.165, 1.54) is 0 Å². The number of carbonyl (C=O) groups excluding carboxylic acids is 1. The van der Waals surface area contributed by atoms with E-state index in [-0.39, 0.29) is 18.0 Å². The summed E-state index contributed by atoms with van der Waals surface area (Å²) >= 11 is 0. The van der Waals surface area contributed by atoms with Gasteiger partial charge < -0.3 is 10.6 Å². The minimum absolute atomic E-state index is 0.0579. The molecular weight excluding hydrogens is 176 g/mol. The van der Waals surface area contributed by atoms with Crippen molar-refractivity contribution in [2.24, 2.45) is 0 Å². The molecule has 1 amide bonds. The third kappa shape index (κ3) is 6.50. The lowest BCUT2D eigenvalue weighted by atomic mass is 10.1. The van der Waals surface area contributed by atoms with E-state index in [4.69, 9.17) is 6.42 Å². The van der Waals surface area contributed by atoms with E-state index in [2.05, 4.69) is 16.6 Å². The molecule has 0 aromatic heterocycles. The highest BCUT2D eigenvalue weighted by Crippen LogP contribution is 1.99. The van der Waals surface area contributed by atoms with Crippen molar-refractivity contribution in [1.29, 1.82) is 0 Å². The molecule has 0 aliphatic rings. The Hall–Kier alpha value is -1.01. The highest BCUT2D eigenvalue weighted by Gasteiger charge is 2.18. The van der Waals surface area contributed by atoms with Gasteiger partial charge in [-0.1, -0.05) is 5.92 Å². The average Bonchev–Trinajstić information content (AvgIpc) is 1.99. The van der Waals surface area contributed by atoms with Crippen LogP contribution in [-0.4, -0.2) is 23.5 Å². The predicted molar refractivity (Wildman–Crippen MR) is 58.8 cm³/mol. The molecule has 0 aliphatic carbocycles. The molecule has 0 radical (unpaired) electrons. The molecule has 0 spiro atoms. The van der Waals surface area contributed by atoms with Crippen LogP contribution in [0.15, 0.2) is 0 Å². The van der Waals surface area contributed by atoms with Crippen molar-refractivity contribution in [2.45, 2.75) is 45.7 Å². The molecule has 80 valence electrons. The number of rotatable bonds is 3. The Labute approximate surface area is 86.6 Å². The van der Waals surface area contributed by atoms with Crippen molar-refractivity contribution < 1.29 is 4.79 Å². The van der Waals surface area contributed by atoms with Crippen LogP contribution in [0.5, 0.6) is 0 Å². The SMILES string of the molecule is C#CC(C)(C)NC(=O)CNC(C)(C)C. The lowest BCUT2D eigenvalue weighted by Gasteiger charge is -2.23. The quantitative estimate of drug-likeness (QED) is 0.659. The van der Waals surface area contributed by atoms with E-state index in [9.17, 15) is 4.79 Å². The molecule has 2 N–H and O–H groups in total. The molecule has 0 saturated heterocycles. The van der Waals surface area contributed by atoms with Gasteiger partial charge in [-0.15, -0.1) is 6.42 Å². The number of amides is 1. The third-order valence-corrected chi connectivity index (χ3v) is 1.59. The molecule has 3 heteroatoms. The summed E-state index contributed by atoms with van der Waals surface area (Å²) in [4.78, 5) is 11.4. The van der Waals surface area contributed by atoms with Gasteiger partial charge in [0.1, 0.15) is 0 Å². The van der Waals surface area contributed by atoms with E-state index >= 15 is 0 Å². The summed E-state index contributed by atoms with van der Waals surface area (Å²) in [5, 5.41) is 5.83. The van der Waals surface area contributed by atoms with Crippen molar-refractivity contribution in [3.8, 4) is 12.3 Å². The number of hydrogen-bond acceptors (Lipinski definition) is 2. The summed E-state index contributed by atoms with van der Waals surface area (Å²) in [7, 11) is 0. The van der Waals surface area contributed by atoms with E-state index in [0.29, 0.717) is 0 Å². The smallest absolute Gasteiger partial charge is 0.235 e. The van der Waals surface area contributed by atoms with Crippen LogP contribution < -0.4 is 10.6 Å². The second kappa shape index (κ2) is 4.47. The van der Waals surface area contributed by atoms with Gasteiger partial charge in [-0.3, -0.25) is 4.79 Å². The van der Waals surface area contributed by atoms with E-state index in [0.717, 1.165) is 0 Å². The maximum Gasteiger partial charge on any atom is 0.235 e. The third-order valence-electron chi connectivity index (χ3n) is 1.59. The molecule has 0 rings (SSSR count). The molecule has 0 bridgehead atoms. The highest BCUT2D eigenvalue weighted by molar-refractivity contribution is 5.79. The zero-order valence-electron chi connectivity index (χ0n) is 9.69. The van der Waals surface area contributed by atoms with Crippen molar-refractivity contribution >= 4 is 5.91 Å². The molecule has 0 atom stereocenters. The van der Waals surface area contributed by atoms with Crippen molar-refractivity contribution in [3.05, 3.63) is 0 Å². The highest BCUT2D eigenvalue weighted by atomic mass is 16.2. The lowest BCUT2D eigenvalue weighted by molar-refractivity contribution is -0.121. The molecule has 14 heavy (non-hydrogen) atoms. The fraction of sp³-hybridized carbons (Fsp3) is 0.727. The number of carbonyl (C=O) groups is 1. The van der Waals surface area contributed by atoms with Crippen LogP contribution in [-0.2, 0) is 4.79 Å². The minimum Gasteiger partial charge on any atom is -0.339 e. The van der Waals surface area contributed by atoms with Gasteiger partial charge in [-0.2, -0.15) is 0 Å². The molecule has 0 unspecified atom stereocenters. The Morgan fingerprint density at radius 3 is 2.14 bits per heavy atom. The summed E-state index contributed by atoms with van der Waals surface area (Å²) in [6.45, 7) is 9.89. The standard InChI is InChI=1S/C11H20N2O/c1-7-11(5,6)13-9(14)8-12-10(2,3)4/h1,12H,8H2,2-6H3,(H,13,14). The largest absolute Gasteiger partial charge is 0.339 e. The molecule has 3 nitrogen and oxygen atoms in total. The summed E-state index contributed by atoms with van der Waals surface area (Å²) < 4.78 is 0. The summed E-state index contributed by atoms with van der Waals surface area (Å²) in [5.74, 6) is 2.43. The Morgan fingerprint density at radius 2 is 1.79 bits per heavy atom. The van der Waals surface area contributed by atoms with Gasteiger partial charge >= 0.3 is 0 Å². The van der Waals surface area contributed by atoms with Crippen LogP contribution in [0.1, 0.15) is 34.6 Å². The summed E-state index contributed by atoms with van der Waals surface area (Å²) in [6.07, 6.45) is 5.25.